The predicted molar refractivity (Wildman–Crippen MR) is 143 cm³/mol. The number of aryl methyl sites for hydroxylation is 1. The van der Waals surface area contributed by atoms with Crippen molar-refractivity contribution in [2.24, 2.45) is 0 Å². The summed E-state index contributed by atoms with van der Waals surface area (Å²) >= 11 is 7.72. The van der Waals surface area contributed by atoms with E-state index in [1.807, 2.05) is 19.1 Å². The molecular formula is C25H25Cl2N3O4S. The van der Waals surface area contributed by atoms with E-state index >= 15 is 0 Å². The molecule has 0 atom stereocenters. The van der Waals surface area contributed by atoms with Gasteiger partial charge in [-0.1, -0.05) is 35.1 Å². The summed E-state index contributed by atoms with van der Waals surface area (Å²) in [5, 5.41) is 1.64. The maximum Gasteiger partial charge on any atom is 0.295 e. The highest BCUT2D eigenvalue weighted by molar-refractivity contribution is 7.22. The molecule has 5 rings (SSSR count). The monoisotopic (exact) mass is 533 g/mol. The van der Waals surface area contributed by atoms with Gasteiger partial charge >= 0.3 is 0 Å². The van der Waals surface area contributed by atoms with Gasteiger partial charge < -0.3 is 9.15 Å². The van der Waals surface area contributed by atoms with Crippen molar-refractivity contribution in [1.29, 1.82) is 0 Å². The summed E-state index contributed by atoms with van der Waals surface area (Å²) in [5.74, 6) is -0.378. The van der Waals surface area contributed by atoms with Crippen LogP contribution in [0.5, 0.6) is 0 Å². The Bertz CT molecular complexity index is 1420. The topological polar surface area (TPSA) is 75.9 Å². The summed E-state index contributed by atoms with van der Waals surface area (Å²) < 4.78 is 12.2. The fourth-order valence-corrected chi connectivity index (χ4v) is 5.31. The number of hydrogen-bond acceptors (Lipinski definition) is 7. The van der Waals surface area contributed by atoms with Gasteiger partial charge in [0.1, 0.15) is 5.58 Å². The van der Waals surface area contributed by atoms with E-state index in [0.29, 0.717) is 27.7 Å². The van der Waals surface area contributed by atoms with Crippen molar-refractivity contribution in [2.45, 2.75) is 13.3 Å². The number of morpholine rings is 1. The molecule has 0 aliphatic carbocycles. The molecule has 0 spiro atoms. The highest BCUT2D eigenvalue weighted by Gasteiger charge is 2.25. The predicted octanol–water partition coefficient (Wildman–Crippen LogP) is 5.16. The number of halogens is 2. The Labute approximate surface area is 217 Å². The number of aromatic nitrogens is 1. The highest BCUT2D eigenvalue weighted by atomic mass is 35.5. The van der Waals surface area contributed by atoms with Crippen molar-refractivity contribution in [3.63, 3.8) is 0 Å². The molecule has 4 aromatic rings. The third-order valence-corrected chi connectivity index (χ3v) is 7.47. The van der Waals surface area contributed by atoms with E-state index in [2.05, 4.69) is 4.90 Å². The summed E-state index contributed by atoms with van der Waals surface area (Å²) in [6.07, 6.45) is 0.749. The lowest BCUT2D eigenvalue weighted by Crippen LogP contribution is -2.39. The Kier molecular flexibility index (Phi) is 8.09. The number of ether oxygens (including phenoxy) is 1. The molecule has 1 fully saturated rings. The number of fused-ring (bicyclic) bond motifs is 2. The van der Waals surface area contributed by atoms with Crippen LogP contribution in [0, 0.1) is 6.92 Å². The normalized spacial score (nSPS) is 14.2. The minimum Gasteiger partial charge on any atom is -0.451 e. The zero-order valence-electron chi connectivity index (χ0n) is 19.2. The molecule has 0 N–H and O–H groups in total. The van der Waals surface area contributed by atoms with Crippen molar-refractivity contribution in [3.8, 4) is 0 Å². The standard InChI is InChI=1S/C25H24ClN3O4S.ClH/c1-16-18(26)7-8-22-23(16)27-25(34-22)29(10-4-9-28-11-13-32-14-12-28)24(31)21-15-19(30)17-5-2-3-6-20(17)33-21;/h2-3,5-8,15H,4,9-14H2,1H3;1H. The van der Waals surface area contributed by atoms with Crippen LogP contribution in [-0.2, 0) is 4.74 Å². The fraction of sp³-hybridized carbons (Fsp3) is 0.320. The summed E-state index contributed by atoms with van der Waals surface area (Å²) in [6.45, 7) is 6.41. The van der Waals surface area contributed by atoms with E-state index in [-0.39, 0.29) is 29.5 Å². The number of para-hydroxylation sites is 1. The Hall–Kier alpha value is -2.49. The van der Waals surface area contributed by atoms with Crippen molar-refractivity contribution >= 4 is 67.6 Å². The second-order valence-corrected chi connectivity index (χ2v) is 9.67. The van der Waals surface area contributed by atoms with Gasteiger partial charge in [-0.15, -0.1) is 12.4 Å². The third-order valence-electron chi connectivity index (χ3n) is 6.02. The highest BCUT2D eigenvalue weighted by Crippen LogP contribution is 2.34. The molecule has 2 aromatic heterocycles. The van der Waals surface area contributed by atoms with Crippen molar-refractivity contribution in [1.82, 2.24) is 9.88 Å². The van der Waals surface area contributed by atoms with Crippen LogP contribution in [-0.4, -0.2) is 55.2 Å². The first-order valence-corrected chi connectivity index (χ1v) is 12.4. The fourth-order valence-electron chi connectivity index (χ4n) is 4.11. The van der Waals surface area contributed by atoms with Crippen LogP contribution >= 0.6 is 35.3 Å². The molecule has 184 valence electrons. The minimum atomic E-state index is -0.382. The largest absolute Gasteiger partial charge is 0.451 e. The average Bonchev–Trinajstić information content (AvgIpc) is 3.29. The molecule has 1 aliphatic heterocycles. The lowest BCUT2D eigenvalue weighted by atomic mass is 10.2. The molecule has 0 radical (unpaired) electrons. The number of carbonyl (C=O) groups excluding carboxylic acids is 1. The zero-order valence-corrected chi connectivity index (χ0v) is 21.5. The summed E-state index contributed by atoms with van der Waals surface area (Å²) in [4.78, 5) is 35.0. The zero-order chi connectivity index (χ0) is 23.7. The van der Waals surface area contributed by atoms with E-state index in [4.69, 9.17) is 25.7 Å². The maximum atomic E-state index is 13.7. The Morgan fingerprint density at radius 2 is 1.97 bits per heavy atom. The molecule has 2 aromatic carbocycles. The first-order valence-electron chi connectivity index (χ1n) is 11.2. The van der Waals surface area contributed by atoms with Gasteiger partial charge in [-0.25, -0.2) is 4.98 Å². The Morgan fingerprint density at radius 1 is 1.20 bits per heavy atom. The van der Waals surface area contributed by atoms with Gasteiger partial charge in [-0.05, 0) is 43.2 Å². The first kappa shape index (κ1) is 25.6. The van der Waals surface area contributed by atoms with Crippen molar-refractivity contribution in [2.75, 3.05) is 44.3 Å². The van der Waals surface area contributed by atoms with Gasteiger partial charge in [-0.2, -0.15) is 0 Å². The second-order valence-electron chi connectivity index (χ2n) is 8.25. The number of carbonyl (C=O) groups is 1. The maximum absolute atomic E-state index is 13.7. The number of nitrogens with zero attached hydrogens (tertiary/aromatic N) is 3. The first-order chi connectivity index (χ1) is 16.5. The van der Waals surface area contributed by atoms with Gasteiger partial charge in [0, 0.05) is 37.3 Å². The van der Waals surface area contributed by atoms with Crippen LogP contribution in [0.25, 0.3) is 21.2 Å². The van der Waals surface area contributed by atoms with Crippen LogP contribution < -0.4 is 10.3 Å². The average molecular weight is 534 g/mol. The molecule has 0 unspecified atom stereocenters. The third kappa shape index (κ3) is 5.37. The summed E-state index contributed by atoms with van der Waals surface area (Å²) in [5.41, 5.74) is 1.79. The SMILES string of the molecule is Cc1c(Cl)ccc2sc(N(CCCN3CCOCC3)C(=O)c3cc(=O)c4ccccc4o3)nc12.Cl. The van der Waals surface area contributed by atoms with E-state index in [1.54, 1.807) is 29.2 Å². The van der Waals surface area contributed by atoms with Crippen LogP contribution in [0.15, 0.2) is 51.7 Å². The van der Waals surface area contributed by atoms with Crippen LogP contribution in [0.1, 0.15) is 22.5 Å². The van der Waals surface area contributed by atoms with Gasteiger partial charge in [0.15, 0.2) is 16.3 Å². The number of amides is 1. The van der Waals surface area contributed by atoms with Gasteiger partial charge in [0.2, 0.25) is 0 Å². The van der Waals surface area contributed by atoms with E-state index in [9.17, 15) is 9.59 Å². The minimum absolute atomic E-state index is 0. The van der Waals surface area contributed by atoms with E-state index in [0.717, 1.165) is 55.0 Å². The molecule has 7 nitrogen and oxygen atoms in total. The number of benzene rings is 2. The molecule has 0 saturated carbocycles. The number of anilines is 1. The van der Waals surface area contributed by atoms with E-state index < -0.39 is 0 Å². The van der Waals surface area contributed by atoms with Gasteiger partial charge in [0.25, 0.3) is 5.91 Å². The van der Waals surface area contributed by atoms with Crippen LogP contribution in [0.4, 0.5) is 5.13 Å². The van der Waals surface area contributed by atoms with E-state index in [1.165, 1.54) is 17.4 Å². The number of thiazole rings is 1. The summed E-state index contributed by atoms with van der Waals surface area (Å²) in [6, 6.07) is 12.0. The van der Waals surface area contributed by atoms with Gasteiger partial charge in [0.05, 0.1) is 28.8 Å². The Balaban J connectivity index is 0.00000289. The molecule has 35 heavy (non-hydrogen) atoms. The lowest BCUT2D eigenvalue weighted by molar-refractivity contribution is 0.0376. The lowest BCUT2D eigenvalue weighted by Gasteiger charge is -2.27. The summed E-state index contributed by atoms with van der Waals surface area (Å²) in [7, 11) is 0. The van der Waals surface area contributed by atoms with Crippen molar-refractivity contribution in [3.05, 3.63) is 69.0 Å². The quantitative estimate of drug-likeness (QED) is 0.341. The van der Waals surface area contributed by atoms with Crippen LogP contribution in [0.2, 0.25) is 5.02 Å². The number of rotatable bonds is 6. The molecule has 3 heterocycles. The molecular weight excluding hydrogens is 509 g/mol. The van der Waals surface area contributed by atoms with Gasteiger partial charge in [-0.3, -0.25) is 19.4 Å². The molecule has 1 saturated heterocycles. The molecule has 0 bridgehead atoms. The number of hydrogen-bond donors (Lipinski definition) is 0. The smallest absolute Gasteiger partial charge is 0.295 e. The van der Waals surface area contributed by atoms with Crippen molar-refractivity contribution < 1.29 is 13.9 Å². The molecule has 1 aliphatic rings. The van der Waals surface area contributed by atoms with Crippen LogP contribution in [0.3, 0.4) is 0 Å². The molecule has 10 heteroatoms. The molecule has 1 amide bonds. The Morgan fingerprint density at radius 3 is 2.77 bits per heavy atom. The second kappa shape index (κ2) is 11.1.